The molecule has 17 heavy (non-hydrogen) atoms. The summed E-state index contributed by atoms with van der Waals surface area (Å²) in [6.07, 6.45) is 0.637. The van der Waals surface area contributed by atoms with Gasteiger partial charge in [-0.2, -0.15) is 0 Å². The molecule has 92 valence electrons. The average Bonchev–Trinajstić information content (AvgIpc) is 2.25. The van der Waals surface area contributed by atoms with Crippen molar-refractivity contribution in [1.29, 1.82) is 0 Å². The summed E-state index contributed by atoms with van der Waals surface area (Å²) < 4.78 is 53.0. The molecule has 0 amide bonds. The van der Waals surface area contributed by atoms with Crippen LogP contribution in [-0.4, -0.2) is 21.5 Å². The van der Waals surface area contributed by atoms with Gasteiger partial charge in [-0.3, -0.25) is 0 Å². The van der Waals surface area contributed by atoms with Gasteiger partial charge in [0.15, 0.2) is 0 Å². The Hall–Kier alpha value is -1.76. The van der Waals surface area contributed by atoms with Crippen molar-refractivity contribution in [2.24, 2.45) is 0 Å². The van der Waals surface area contributed by atoms with Gasteiger partial charge in [-0.05, 0) is 12.1 Å². The maximum atomic E-state index is 13.2. The van der Waals surface area contributed by atoms with Crippen molar-refractivity contribution in [3.8, 4) is 0 Å². The van der Waals surface area contributed by atoms with E-state index in [4.69, 9.17) is 0 Å². The van der Waals surface area contributed by atoms with E-state index in [0.717, 1.165) is 19.2 Å². The van der Waals surface area contributed by atoms with Crippen molar-refractivity contribution < 1.29 is 26.7 Å². The average molecular weight is 262 g/mol. The number of methoxy groups -OCH3 is 1. The van der Waals surface area contributed by atoms with Gasteiger partial charge in [0, 0.05) is 17.6 Å². The van der Waals surface area contributed by atoms with Crippen LogP contribution in [0.5, 0.6) is 0 Å². The van der Waals surface area contributed by atoms with Crippen LogP contribution in [0.4, 0.5) is 8.78 Å². The van der Waals surface area contributed by atoms with Crippen molar-refractivity contribution in [2.75, 3.05) is 7.11 Å². The Kier molecular flexibility index (Phi) is 3.95. The lowest BCUT2D eigenvalue weighted by Gasteiger charge is -2.00. The number of ether oxygens (including phenoxy) is 1. The number of sulfone groups is 1. The number of esters is 1. The van der Waals surface area contributed by atoms with Gasteiger partial charge in [-0.15, -0.1) is 0 Å². The minimum Gasteiger partial charge on any atom is -0.466 e. The zero-order valence-corrected chi connectivity index (χ0v) is 9.50. The summed E-state index contributed by atoms with van der Waals surface area (Å²) in [5.41, 5.74) is 0. The summed E-state index contributed by atoms with van der Waals surface area (Å²) >= 11 is 0. The molecular weight excluding hydrogens is 254 g/mol. The van der Waals surface area contributed by atoms with Gasteiger partial charge in [-0.1, -0.05) is 0 Å². The lowest BCUT2D eigenvalue weighted by atomic mass is 10.3. The van der Waals surface area contributed by atoms with Crippen molar-refractivity contribution >= 4 is 15.8 Å². The number of hydrogen-bond acceptors (Lipinski definition) is 4. The zero-order valence-electron chi connectivity index (χ0n) is 8.68. The van der Waals surface area contributed by atoms with Gasteiger partial charge in [0.05, 0.1) is 7.11 Å². The highest BCUT2D eigenvalue weighted by Gasteiger charge is 2.17. The Morgan fingerprint density at radius 1 is 1.35 bits per heavy atom. The lowest BCUT2D eigenvalue weighted by molar-refractivity contribution is -0.134. The minimum absolute atomic E-state index is 0.443. The Labute approximate surface area is 96.4 Å². The minimum atomic E-state index is -4.14. The van der Waals surface area contributed by atoms with E-state index >= 15 is 0 Å². The summed E-state index contributed by atoms with van der Waals surface area (Å²) in [4.78, 5) is 9.99. The summed E-state index contributed by atoms with van der Waals surface area (Å²) in [7, 11) is -3.07. The molecule has 0 heterocycles. The molecule has 0 aliphatic heterocycles. The smallest absolute Gasteiger partial charge is 0.331 e. The largest absolute Gasteiger partial charge is 0.466 e. The molecule has 0 aliphatic rings. The van der Waals surface area contributed by atoms with Crippen molar-refractivity contribution in [3.63, 3.8) is 0 Å². The third-order valence-electron chi connectivity index (χ3n) is 1.78. The first kappa shape index (κ1) is 13.3. The van der Waals surface area contributed by atoms with Gasteiger partial charge in [-0.25, -0.2) is 22.0 Å². The maximum Gasteiger partial charge on any atom is 0.331 e. The first-order valence-corrected chi connectivity index (χ1v) is 5.87. The molecule has 0 saturated carbocycles. The van der Waals surface area contributed by atoms with Crippen LogP contribution in [-0.2, 0) is 19.4 Å². The van der Waals surface area contributed by atoms with Crippen LogP contribution in [0.1, 0.15) is 0 Å². The van der Waals surface area contributed by atoms with E-state index in [0.29, 0.717) is 17.6 Å². The van der Waals surface area contributed by atoms with E-state index in [1.54, 1.807) is 0 Å². The fraction of sp³-hybridized carbons (Fsp3) is 0.100. The Balaban J connectivity index is 3.14. The monoisotopic (exact) mass is 262 g/mol. The lowest BCUT2D eigenvalue weighted by Crippen LogP contribution is -2.02. The summed E-state index contributed by atoms with van der Waals surface area (Å²) in [6, 6.07) is 2.03. The highest BCUT2D eigenvalue weighted by atomic mass is 32.2. The predicted octanol–water partition coefficient (Wildman–Crippen LogP) is 1.43. The van der Waals surface area contributed by atoms with E-state index in [9.17, 15) is 22.0 Å². The first-order valence-electron chi connectivity index (χ1n) is 4.33. The van der Waals surface area contributed by atoms with Crippen LogP contribution in [0.15, 0.2) is 34.6 Å². The molecule has 1 rings (SSSR count). The van der Waals surface area contributed by atoms with Gasteiger partial charge < -0.3 is 4.74 Å². The van der Waals surface area contributed by atoms with Gasteiger partial charge in [0.2, 0.25) is 9.84 Å². The molecule has 7 heteroatoms. The van der Waals surface area contributed by atoms with Crippen LogP contribution in [0, 0.1) is 11.6 Å². The molecule has 0 fully saturated rings. The molecule has 0 atom stereocenters. The Bertz CT molecular complexity index is 564. The summed E-state index contributed by atoms with van der Waals surface area (Å²) in [5, 5.41) is 0.495. The van der Waals surface area contributed by atoms with Crippen LogP contribution in [0.25, 0.3) is 0 Å². The molecule has 0 aliphatic carbocycles. The molecule has 0 saturated heterocycles. The van der Waals surface area contributed by atoms with Crippen molar-refractivity contribution in [3.05, 3.63) is 41.3 Å². The van der Waals surface area contributed by atoms with E-state index in [1.807, 2.05) is 0 Å². The second kappa shape index (κ2) is 5.05. The number of carbonyl (C=O) groups is 1. The molecule has 0 spiro atoms. The van der Waals surface area contributed by atoms with Crippen LogP contribution < -0.4 is 0 Å². The first-order chi connectivity index (χ1) is 7.86. The fourth-order valence-electron chi connectivity index (χ4n) is 0.992. The highest BCUT2D eigenvalue weighted by molar-refractivity contribution is 7.94. The zero-order chi connectivity index (χ0) is 13.1. The molecule has 0 N–H and O–H groups in total. The van der Waals surface area contributed by atoms with Crippen molar-refractivity contribution in [1.82, 2.24) is 0 Å². The molecule has 0 unspecified atom stereocenters. The molecular formula is C10H8F2O4S. The third-order valence-corrected chi connectivity index (χ3v) is 3.22. The van der Waals surface area contributed by atoms with Crippen LogP contribution >= 0.6 is 0 Å². The number of rotatable bonds is 3. The maximum absolute atomic E-state index is 13.2. The van der Waals surface area contributed by atoms with Crippen molar-refractivity contribution in [2.45, 2.75) is 4.90 Å². The number of benzene rings is 1. The Morgan fingerprint density at radius 2 is 2.00 bits per heavy atom. The Morgan fingerprint density at radius 3 is 2.53 bits per heavy atom. The topological polar surface area (TPSA) is 60.4 Å². The standard InChI is InChI=1S/C10H8F2O4S/c1-16-10(13)4-5-17(14,15)9-3-2-7(11)6-8(9)12/h2-6H,1H3/b5-4+. The quantitative estimate of drug-likeness (QED) is 0.469. The number of hydrogen-bond donors (Lipinski definition) is 0. The molecule has 1 aromatic carbocycles. The van der Waals surface area contributed by atoms with Crippen LogP contribution in [0.3, 0.4) is 0 Å². The van der Waals surface area contributed by atoms with E-state index < -0.39 is 32.3 Å². The molecule has 4 nitrogen and oxygen atoms in total. The molecule has 0 aromatic heterocycles. The molecule has 0 radical (unpaired) electrons. The van der Waals surface area contributed by atoms with Gasteiger partial charge in [0.25, 0.3) is 0 Å². The summed E-state index contributed by atoms with van der Waals surface area (Å²) in [6.45, 7) is 0. The fourth-order valence-corrected chi connectivity index (χ4v) is 2.02. The second-order valence-corrected chi connectivity index (χ2v) is 4.75. The second-order valence-electron chi connectivity index (χ2n) is 2.95. The SMILES string of the molecule is COC(=O)/C=C/S(=O)(=O)c1ccc(F)cc1F. The normalized spacial score (nSPS) is 11.7. The third kappa shape index (κ3) is 3.35. The molecule has 1 aromatic rings. The highest BCUT2D eigenvalue weighted by Crippen LogP contribution is 2.17. The number of halogens is 2. The van der Waals surface area contributed by atoms with E-state index in [-0.39, 0.29) is 0 Å². The van der Waals surface area contributed by atoms with Gasteiger partial charge in [0.1, 0.15) is 16.5 Å². The predicted molar refractivity (Wildman–Crippen MR) is 54.7 cm³/mol. The summed E-state index contributed by atoms with van der Waals surface area (Å²) in [5.74, 6) is -3.01. The number of carbonyl (C=O) groups excluding carboxylic acids is 1. The van der Waals surface area contributed by atoms with E-state index in [1.165, 1.54) is 0 Å². The van der Waals surface area contributed by atoms with E-state index in [2.05, 4.69) is 4.74 Å². The van der Waals surface area contributed by atoms with Gasteiger partial charge >= 0.3 is 5.97 Å². The molecule has 0 bridgehead atoms. The van der Waals surface area contributed by atoms with Crippen LogP contribution in [0.2, 0.25) is 0 Å².